The maximum atomic E-state index is 13.2. The van der Waals surface area contributed by atoms with Crippen LogP contribution in [0.2, 0.25) is 0 Å². The van der Waals surface area contributed by atoms with E-state index in [-0.39, 0.29) is 16.4 Å². The Morgan fingerprint density at radius 1 is 1.14 bits per heavy atom. The third kappa shape index (κ3) is 2.69. The molecule has 116 valence electrons. The summed E-state index contributed by atoms with van der Waals surface area (Å²) in [7, 11) is -3.83. The van der Waals surface area contributed by atoms with Crippen molar-refractivity contribution in [3.05, 3.63) is 29.8 Å². The molecule has 1 N–H and O–H groups in total. The van der Waals surface area contributed by atoms with Crippen LogP contribution in [0.25, 0.3) is 0 Å². The molecule has 7 heteroatoms. The highest BCUT2D eigenvalue weighted by Crippen LogP contribution is 2.49. The molecule has 0 bridgehead atoms. The Morgan fingerprint density at radius 3 is 2.43 bits per heavy atom. The van der Waals surface area contributed by atoms with Crippen LogP contribution in [0.15, 0.2) is 23.1 Å². The van der Waals surface area contributed by atoms with Gasteiger partial charge >= 0.3 is 0 Å². The Labute approximate surface area is 122 Å². The van der Waals surface area contributed by atoms with Crippen LogP contribution in [0.5, 0.6) is 0 Å². The first-order chi connectivity index (χ1) is 9.93. The van der Waals surface area contributed by atoms with Crippen LogP contribution in [0.4, 0.5) is 8.78 Å². The Morgan fingerprint density at radius 2 is 1.86 bits per heavy atom. The topological polar surface area (TPSA) is 55.4 Å². The van der Waals surface area contributed by atoms with Crippen LogP contribution in [0, 0.1) is 17.0 Å². The van der Waals surface area contributed by atoms with Gasteiger partial charge in [0.1, 0.15) is 0 Å². The molecule has 1 aromatic carbocycles. The van der Waals surface area contributed by atoms with E-state index in [1.807, 2.05) is 0 Å². The summed E-state index contributed by atoms with van der Waals surface area (Å²) in [6, 6.07) is 2.47. The van der Waals surface area contributed by atoms with Crippen molar-refractivity contribution in [3.63, 3.8) is 0 Å². The maximum absolute atomic E-state index is 13.2. The zero-order chi connectivity index (χ0) is 15.1. The molecule has 2 fully saturated rings. The molecule has 4 nitrogen and oxygen atoms in total. The van der Waals surface area contributed by atoms with Gasteiger partial charge in [-0.2, -0.15) is 0 Å². The molecule has 1 heterocycles. The summed E-state index contributed by atoms with van der Waals surface area (Å²) in [4.78, 5) is -0.240. The van der Waals surface area contributed by atoms with Gasteiger partial charge in [-0.05, 0) is 49.3 Å². The highest BCUT2D eigenvalue weighted by atomic mass is 32.2. The molecular weight excluding hydrogens is 300 g/mol. The number of hydrogen-bond donors (Lipinski definition) is 1. The summed E-state index contributed by atoms with van der Waals surface area (Å²) in [6.45, 7) is 1.28. The fourth-order valence-electron chi connectivity index (χ4n) is 3.16. The number of nitrogens with one attached hydrogen (secondary N) is 1. The minimum Gasteiger partial charge on any atom is -0.381 e. The summed E-state index contributed by atoms with van der Waals surface area (Å²) in [6.07, 6.45) is 3.40. The second kappa shape index (κ2) is 5.30. The highest BCUT2D eigenvalue weighted by Gasteiger charge is 2.48. The minimum absolute atomic E-state index is 0.0378. The van der Waals surface area contributed by atoms with Crippen molar-refractivity contribution in [2.24, 2.45) is 5.41 Å². The lowest BCUT2D eigenvalue weighted by atomic mass is 9.60. The summed E-state index contributed by atoms with van der Waals surface area (Å²) in [5.41, 5.74) is -0.0378. The lowest BCUT2D eigenvalue weighted by Crippen LogP contribution is -2.57. The molecule has 1 aliphatic heterocycles. The summed E-state index contributed by atoms with van der Waals surface area (Å²) in [5, 5.41) is 0. The third-order valence-electron chi connectivity index (χ3n) is 4.66. The van der Waals surface area contributed by atoms with Crippen LogP contribution in [0.3, 0.4) is 0 Å². The molecule has 3 rings (SSSR count). The quantitative estimate of drug-likeness (QED) is 0.930. The fourth-order valence-corrected chi connectivity index (χ4v) is 4.54. The van der Waals surface area contributed by atoms with Gasteiger partial charge in [0.2, 0.25) is 10.0 Å². The van der Waals surface area contributed by atoms with E-state index in [2.05, 4.69) is 4.72 Å². The fraction of sp³-hybridized carbons (Fsp3) is 0.571. The number of benzene rings is 1. The molecule has 1 saturated carbocycles. The maximum Gasteiger partial charge on any atom is 0.240 e. The van der Waals surface area contributed by atoms with Crippen molar-refractivity contribution in [3.8, 4) is 0 Å². The minimum atomic E-state index is -3.83. The first-order valence-electron chi connectivity index (χ1n) is 6.98. The number of rotatable bonds is 3. The lowest BCUT2D eigenvalue weighted by Gasteiger charge is -2.51. The molecule has 1 unspecified atom stereocenters. The Hall–Kier alpha value is -1.05. The van der Waals surface area contributed by atoms with Gasteiger partial charge in [-0.15, -0.1) is 0 Å². The predicted octanol–water partition coefficient (Wildman–Crippen LogP) is 2.20. The van der Waals surface area contributed by atoms with Crippen LogP contribution < -0.4 is 4.72 Å². The van der Waals surface area contributed by atoms with Crippen LogP contribution >= 0.6 is 0 Å². The van der Waals surface area contributed by atoms with Crippen molar-refractivity contribution in [1.29, 1.82) is 0 Å². The molecule has 1 aliphatic carbocycles. The number of halogens is 2. The zero-order valence-corrected chi connectivity index (χ0v) is 12.3. The van der Waals surface area contributed by atoms with E-state index in [0.717, 1.165) is 37.8 Å². The number of hydrogen-bond acceptors (Lipinski definition) is 3. The van der Waals surface area contributed by atoms with E-state index in [4.69, 9.17) is 4.74 Å². The van der Waals surface area contributed by atoms with E-state index in [1.165, 1.54) is 0 Å². The van der Waals surface area contributed by atoms with Crippen LogP contribution in [-0.4, -0.2) is 27.7 Å². The average molecular weight is 317 g/mol. The molecule has 21 heavy (non-hydrogen) atoms. The molecule has 2 aliphatic rings. The van der Waals surface area contributed by atoms with E-state index >= 15 is 0 Å². The van der Waals surface area contributed by atoms with E-state index in [0.29, 0.717) is 19.3 Å². The highest BCUT2D eigenvalue weighted by molar-refractivity contribution is 7.89. The molecule has 0 radical (unpaired) electrons. The molecule has 1 saturated heterocycles. The molecule has 1 aromatic rings. The third-order valence-corrected chi connectivity index (χ3v) is 6.13. The molecule has 1 spiro atoms. The second-order valence-corrected chi connectivity index (χ2v) is 7.48. The van der Waals surface area contributed by atoms with Gasteiger partial charge in [-0.25, -0.2) is 21.9 Å². The standard InChI is InChI=1S/C14H17F2NO3S/c15-11-2-1-10(9-12(11)16)21(18,19)17-13-3-4-14(13)5-7-20-8-6-14/h1-2,9,13,17H,3-8H2. The van der Waals surface area contributed by atoms with Gasteiger partial charge in [0.25, 0.3) is 0 Å². The molecule has 0 aromatic heterocycles. The Kier molecular flexibility index (Phi) is 3.75. The smallest absolute Gasteiger partial charge is 0.240 e. The SMILES string of the molecule is O=S(=O)(NC1CCC12CCOCC2)c1ccc(F)c(F)c1. The van der Waals surface area contributed by atoms with Crippen molar-refractivity contribution in [2.45, 2.75) is 36.6 Å². The van der Waals surface area contributed by atoms with Gasteiger partial charge in [-0.1, -0.05) is 0 Å². The predicted molar refractivity (Wildman–Crippen MR) is 72.2 cm³/mol. The van der Waals surface area contributed by atoms with Crippen LogP contribution in [0.1, 0.15) is 25.7 Å². The first-order valence-corrected chi connectivity index (χ1v) is 8.46. The van der Waals surface area contributed by atoms with Crippen molar-refractivity contribution < 1.29 is 21.9 Å². The van der Waals surface area contributed by atoms with E-state index in [1.54, 1.807) is 0 Å². The summed E-state index contributed by atoms with van der Waals surface area (Å²) < 4.78 is 58.7. The Bertz CT molecular complexity index is 642. The molecular formula is C14H17F2NO3S. The van der Waals surface area contributed by atoms with Gasteiger partial charge in [-0.3, -0.25) is 0 Å². The van der Waals surface area contributed by atoms with Crippen molar-refractivity contribution in [1.82, 2.24) is 4.72 Å². The van der Waals surface area contributed by atoms with Gasteiger partial charge in [0.15, 0.2) is 11.6 Å². The first kappa shape index (κ1) is 14.9. The van der Waals surface area contributed by atoms with E-state index < -0.39 is 21.7 Å². The van der Waals surface area contributed by atoms with Crippen molar-refractivity contribution >= 4 is 10.0 Å². The van der Waals surface area contributed by atoms with Crippen LogP contribution in [-0.2, 0) is 14.8 Å². The zero-order valence-electron chi connectivity index (χ0n) is 11.4. The largest absolute Gasteiger partial charge is 0.381 e. The summed E-state index contributed by atoms with van der Waals surface area (Å²) >= 11 is 0. The average Bonchev–Trinajstić information content (AvgIpc) is 2.47. The van der Waals surface area contributed by atoms with Gasteiger partial charge in [0.05, 0.1) is 4.90 Å². The normalized spacial score (nSPS) is 24.8. The monoisotopic (exact) mass is 317 g/mol. The van der Waals surface area contributed by atoms with Gasteiger partial charge < -0.3 is 4.74 Å². The molecule has 1 atom stereocenters. The van der Waals surface area contributed by atoms with Crippen molar-refractivity contribution in [2.75, 3.05) is 13.2 Å². The second-order valence-electron chi connectivity index (χ2n) is 5.76. The summed E-state index contributed by atoms with van der Waals surface area (Å²) in [5.74, 6) is -2.22. The lowest BCUT2D eigenvalue weighted by molar-refractivity contribution is -0.0483. The molecule has 0 amide bonds. The van der Waals surface area contributed by atoms with Gasteiger partial charge in [0, 0.05) is 19.3 Å². The van der Waals surface area contributed by atoms with E-state index in [9.17, 15) is 17.2 Å². The Balaban J connectivity index is 1.78. The number of sulfonamides is 1. The number of ether oxygens (including phenoxy) is 1.